The molecule has 0 aliphatic heterocycles. The Bertz CT molecular complexity index is 175. The quantitative estimate of drug-likeness (QED) is 0.465. The molecule has 0 nitrogen and oxygen atoms in total. The highest BCUT2D eigenvalue weighted by molar-refractivity contribution is 5.25. The van der Waals surface area contributed by atoms with Crippen molar-refractivity contribution >= 4 is 0 Å². The van der Waals surface area contributed by atoms with Crippen molar-refractivity contribution in [1.82, 2.24) is 0 Å². The van der Waals surface area contributed by atoms with Gasteiger partial charge in [-0.1, -0.05) is 12.8 Å². The highest BCUT2D eigenvalue weighted by atomic mass is 14.6. The molecule has 0 saturated heterocycles. The maximum Gasteiger partial charge on any atom is 0.0366 e. The van der Waals surface area contributed by atoms with E-state index in [2.05, 4.69) is 12.8 Å². The van der Waals surface area contributed by atoms with Crippen molar-refractivity contribution in [3.63, 3.8) is 0 Å². The van der Waals surface area contributed by atoms with Crippen LogP contribution in [-0.2, 0) is 0 Å². The minimum atomic E-state index is 0.368. The molecule has 0 heteroatoms. The summed E-state index contributed by atoms with van der Waals surface area (Å²) < 4.78 is 0. The number of hydrogen-bond donors (Lipinski definition) is 0. The van der Waals surface area contributed by atoms with Gasteiger partial charge < -0.3 is 0 Å². The molecule has 0 aromatic heterocycles. The van der Waals surface area contributed by atoms with E-state index in [4.69, 9.17) is 6.42 Å². The molecule has 9 heavy (non-hydrogen) atoms. The van der Waals surface area contributed by atoms with Crippen molar-refractivity contribution in [2.24, 2.45) is 10.8 Å². The monoisotopic (exact) mass is 120 g/mol. The van der Waals surface area contributed by atoms with Crippen LogP contribution in [0.1, 0.15) is 32.6 Å². The van der Waals surface area contributed by atoms with Crippen LogP contribution in [0, 0.1) is 23.2 Å². The molecule has 48 valence electrons. The summed E-state index contributed by atoms with van der Waals surface area (Å²) in [6.45, 7) is 2.33. The zero-order valence-electron chi connectivity index (χ0n) is 5.91. The summed E-state index contributed by atoms with van der Waals surface area (Å²) in [6.07, 6.45) is 10.8. The third-order valence-corrected chi connectivity index (χ3v) is 3.18. The van der Waals surface area contributed by atoms with E-state index in [1.54, 1.807) is 0 Å². The Kier molecular flexibility index (Phi) is 0.706. The summed E-state index contributed by atoms with van der Waals surface area (Å²) in [6, 6.07) is 0. The Morgan fingerprint density at radius 3 is 1.89 bits per heavy atom. The summed E-state index contributed by atoms with van der Waals surface area (Å²) in [4.78, 5) is 0. The topological polar surface area (TPSA) is 0 Å². The van der Waals surface area contributed by atoms with E-state index >= 15 is 0 Å². The smallest absolute Gasteiger partial charge is 0.0366 e. The van der Waals surface area contributed by atoms with Gasteiger partial charge in [-0.2, -0.15) is 0 Å². The second-order valence-corrected chi connectivity index (χ2v) is 3.79. The lowest BCUT2D eigenvalue weighted by Crippen LogP contribution is -2.10. The first kappa shape index (κ1) is 5.35. The molecule has 0 unspecified atom stereocenters. The third-order valence-electron chi connectivity index (χ3n) is 3.18. The van der Waals surface area contributed by atoms with E-state index < -0.39 is 0 Å². The van der Waals surface area contributed by atoms with Crippen molar-refractivity contribution < 1.29 is 0 Å². The second kappa shape index (κ2) is 1.19. The maximum absolute atomic E-state index is 5.44. The van der Waals surface area contributed by atoms with Crippen molar-refractivity contribution in [3.8, 4) is 12.3 Å². The molecule has 0 radical (unpaired) electrons. The number of terminal acetylenes is 1. The molecule has 2 fully saturated rings. The van der Waals surface area contributed by atoms with Gasteiger partial charge in [-0.25, -0.2) is 0 Å². The standard InChI is InChI=1S/C9H12/c1-3-9(6-7-9)8(2)4-5-8/h1H,4-7H2,2H3. The molecule has 2 aliphatic carbocycles. The van der Waals surface area contributed by atoms with Gasteiger partial charge in [0.2, 0.25) is 0 Å². The normalized spacial score (nSPS) is 32.9. The van der Waals surface area contributed by atoms with Gasteiger partial charge in [-0.15, -0.1) is 6.42 Å². The Labute approximate surface area is 56.6 Å². The zero-order valence-corrected chi connectivity index (χ0v) is 5.91. The molecule has 0 aromatic rings. The van der Waals surface area contributed by atoms with Crippen LogP contribution in [-0.4, -0.2) is 0 Å². The lowest BCUT2D eigenvalue weighted by atomic mass is 9.88. The number of hydrogen-bond acceptors (Lipinski definition) is 0. The predicted molar refractivity (Wildman–Crippen MR) is 37.8 cm³/mol. The van der Waals surface area contributed by atoms with Crippen LogP contribution in [0.3, 0.4) is 0 Å². The van der Waals surface area contributed by atoms with Gasteiger partial charge in [0.15, 0.2) is 0 Å². The predicted octanol–water partition coefficient (Wildman–Crippen LogP) is 2.20. The molecule has 2 saturated carbocycles. The van der Waals surface area contributed by atoms with Crippen molar-refractivity contribution in [2.75, 3.05) is 0 Å². The van der Waals surface area contributed by atoms with E-state index in [1.165, 1.54) is 25.7 Å². The van der Waals surface area contributed by atoms with Crippen LogP contribution in [0.4, 0.5) is 0 Å². The minimum absolute atomic E-state index is 0.368. The van der Waals surface area contributed by atoms with Gasteiger partial charge in [0.05, 0.1) is 0 Å². The van der Waals surface area contributed by atoms with Gasteiger partial charge in [0.25, 0.3) is 0 Å². The molecule has 0 amide bonds. The molecule has 0 heterocycles. The van der Waals surface area contributed by atoms with Gasteiger partial charge in [0, 0.05) is 5.41 Å². The molecule has 2 aliphatic rings. The summed E-state index contributed by atoms with van der Waals surface area (Å²) in [5, 5.41) is 0. The van der Waals surface area contributed by atoms with Crippen LogP contribution in [0.25, 0.3) is 0 Å². The van der Waals surface area contributed by atoms with Gasteiger partial charge in [-0.05, 0) is 31.1 Å². The molecule has 0 atom stereocenters. The van der Waals surface area contributed by atoms with E-state index in [0.29, 0.717) is 10.8 Å². The van der Waals surface area contributed by atoms with E-state index in [0.717, 1.165) is 0 Å². The minimum Gasteiger partial charge on any atom is -0.119 e. The molecule has 0 N–H and O–H groups in total. The Hall–Kier alpha value is -0.440. The summed E-state index contributed by atoms with van der Waals surface area (Å²) in [5.41, 5.74) is 0.939. The van der Waals surface area contributed by atoms with Gasteiger partial charge >= 0.3 is 0 Å². The average Bonchev–Trinajstić information content (AvgIpc) is 2.61. The molecule has 0 aromatic carbocycles. The first-order chi connectivity index (χ1) is 4.22. The van der Waals surface area contributed by atoms with Crippen LogP contribution in [0.15, 0.2) is 0 Å². The zero-order chi connectivity index (χ0) is 6.54. The fraction of sp³-hybridized carbons (Fsp3) is 0.778. The van der Waals surface area contributed by atoms with Crippen molar-refractivity contribution in [3.05, 3.63) is 0 Å². The average molecular weight is 120 g/mol. The van der Waals surface area contributed by atoms with Crippen LogP contribution in [0.5, 0.6) is 0 Å². The van der Waals surface area contributed by atoms with Gasteiger partial charge in [-0.3, -0.25) is 0 Å². The van der Waals surface area contributed by atoms with Crippen LogP contribution in [0.2, 0.25) is 0 Å². The largest absolute Gasteiger partial charge is 0.119 e. The number of rotatable bonds is 1. The Balaban J connectivity index is 2.23. The van der Waals surface area contributed by atoms with E-state index in [9.17, 15) is 0 Å². The lowest BCUT2D eigenvalue weighted by molar-refractivity contribution is 0.401. The second-order valence-electron chi connectivity index (χ2n) is 3.79. The summed E-state index contributed by atoms with van der Waals surface area (Å²) in [5.74, 6) is 2.95. The van der Waals surface area contributed by atoms with Gasteiger partial charge in [0.1, 0.15) is 0 Å². The SMILES string of the molecule is C#CC1(C2(C)CC2)CC1. The van der Waals surface area contributed by atoms with Crippen LogP contribution >= 0.6 is 0 Å². The molecular weight excluding hydrogens is 108 g/mol. The molecule has 0 bridgehead atoms. The van der Waals surface area contributed by atoms with Crippen molar-refractivity contribution in [1.29, 1.82) is 0 Å². The fourth-order valence-electron chi connectivity index (χ4n) is 1.71. The van der Waals surface area contributed by atoms with E-state index in [1.807, 2.05) is 0 Å². The highest BCUT2D eigenvalue weighted by Crippen LogP contribution is 2.69. The van der Waals surface area contributed by atoms with Crippen LogP contribution < -0.4 is 0 Å². The third kappa shape index (κ3) is 0.503. The Morgan fingerprint density at radius 1 is 1.22 bits per heavy atom. The van der Waals surface area contributed by atoms with E-state index in [-0.39, 0.29) is 0 Å². The lowest BCUT2D eigenvalue weighted by Gasteiger charge is -2.14. The molecule has 0 spiro atoms. The highest BCUT2D eigenvalue weighted by Gasteiger charge is 2.61. The molecule has 2 rings (SSSR count). The van der Waals surface area contributed by atoms with Crippen molar-refractivity contribution in [2.45, 2.75) is 32.6 Å². The first-order valence-corrected chi connectivity index (χ1v) is 3.70. The maximum atomic E-state index is 5.44. The summed E-state index contributed by atoms with van der Waals surface area (Å²) in [7, 11) is 0. The molecular formula is C9H12. The first-order valence-electron chi connectivity index (χ1n) is 3.70. The fourth-order valence-corrected chi connectivity index (χ4v) is 1.71. The Morgan fingerprint density at radius 2 is 1.78 bits per heavy atom. The summed E-state index contributed by atoms with van der Waals surface area (Å²) >= 11 is 0.